The van der Waals surface area contributed by atoms with Gasteiger partial charge in [0.05, 0.1) is 27.6 Å². The molecule has 2 heteroatoms. The number of benzene rings is 7. The van der Waals surface area contributed by atoms with E-state index < -0.39 is 0 Å². The lowest BCUT2D eigenvalue weighted by atomic mass is 9.90. The fraction of sp³-hybridized carbons (Fsp3) is 0.0877. The van der Waals surface area contributed by atoms with Gasteiger partial charge in [-0.15, -0.1) is 0 Å². The predicted octanol–water partition coefficient (Wildman–Crippen LogP) is 13.6. The van der Waals surface area contributed by atoms with Gasteiger partial charge in [-0.1, -0.05) is 103 Å². The highest BCUT2D eigenvalue weighted by molar-refractivity contribution is 6.24. The molecular formula is C57H40N2. The molecule has 59 heavy (non-hydrogen) atoms. The standard InChI is InChI=1S/C57H40N2/c1-4-12-43-48-29-40(30-49-44-15-8-10-17-53(44)58(56(48)49)52(43)5-2)38-25-37(34-20-21-36-24-35-13-6-7-14-42(35)47(36)28-34)26-39(27-38)41-31-50-45-16-9-11-18-54(45)59-55-23-33(3)19-22-46(55)51(32-41)57(50)59/h4-5,7-12,14-23,25-32H,1,6,13,24H2,2-3H3/b43-12-,52-5+. The van der Waals surface area contributed by atoms with E-state index in [1.807, 2.05) is 6.08 Å². The van der Waals surface area contributed by atoms with Gasteiger partial charge in [0.25, 0.3) is 0 Å². The van der Waals surface area contributed by atoms with Gasteiger partial charge in [0.1, 0.15) is 0 Å². The Labute approximate surface area is 341 Å². The number of fused-ring (bicyclic) bond motifs is 11. The highest BCUT2D eigenvalue weighted by Gasteiger charge is 2.24. The molecule has 0 saturated carbocycles. The van der Waals surface area contributed by atoms with Crippen LogP contribution in [-0.2, 0) is 6.42 Å². The minimum absolute atomic E-state index is 1.07. The van der Waals surface area contributed by atoms with Crippen LogP contribution in [0.3, 0.4) is 0 Å². The van der Waals surface area contributed by atoms with E-state index in [-0.39, 0.29) is 0 Å². The average Bonchev–Trinajstić information content (AvgIpc) is 4.07. The van der Waals surface area contributed by atoms with Crippen LogP contribution in [0.5, 0.6) is 0 Å². The second kappa shape index (κ2) is 11.9. The summed E-state index contributed by atoms with van der Waals surface area (Å²) in [5, 5.41) is 11.4. The van der Waals surface area contributed by atoms with Crippen molar-refractivity contribution < 1.29 is 0 Å². The van der Waals surface area contributed by atoms with E-state index in [0.29, 0.717) is 0 Å². The molecule has 0 aliphatic heterocycles. The number of hydrogen-bond donors (Lipinski definition) is 0. The van der Waals surface area contributed by atoms with Gasteiger partial charge in [0, 0.05) is 48.3 Å². The zero-order valence-corrected chi connectivity index (χ0v) is 33.2. The molecule has 0 bridgehead atoms. The molecule has 2 aliphatic carbocycles. The lowest BCUT2D eigenvalue weighted by molar-refractivity contribution is 0.935. The van der Waals surface area contributed by atoms with Crippen LogP contribution in [0.15, 0.2) is 158 Å². The van der Waals surface area contributed by atoms with Gasteiger partial charge >= 0.3 is 0 Å². The fourth-order valence-electron chi connectivity index (χ4n) is 11.0. The maximum absolute atomic E-state index is 4.14. The normalized spacial score (nSPS) is 14.9. The van der Waals surface area contributed by atoms with E-state index >= 15 is 0 Å². The van der Waals surface area contributed by atoms with Crippen molar-refractivity contribution in [3.05, 3.63) is 185 Å². The molecule has 0 radical (unpaired) electrons. The van der Waals surface area contributed by atoms with E-state index in [9.17, 15) is 0 Å². The number of aryl methyl sites for hydroxylation is 1. The summed E-state index contributed by atoms with van der Waals surface area (Å²) in [6.45, 7) is 8.48. The number of para-hydroxylation sites is 2. The van der Waals surface area contributed by atoms with Crippen molar-refractivity contribution in [2.24, 2.45) is 0 Å². The SMILES string of the molecule is C=C/C=c1\c(=C/C)n2c3ccccc3c3cc(-c4cc(-c5ccc6c(c5)C5=C(CCC=C5)C6)cc(-c5cc6c7ccccc7n7c8cc(C)ccc8c(c5)c67)c4)cc1c32. The van der Waals surface area contributed by atoms with Crippen molar-refractivity contribution in [3.63, 3.8) is 0 Å². The number of nitrogens with zero attached hydrogens (tertiary/aromatic N) is 2. The monoisotopic (exact) mass is 752 g/mol. The maximum Gasteiger partial charge on any atom is 0.0620 e. The van der Waals surface area contributed by atoms with E-state index in [0.717, 1.165) is 19.3 Å². The lowest BCUT2D eigenvalue weighted by Crippen LogP contribution is -2.25. The Morgan fingerprint density at radius 2 is 1.17 bits per heavy atom. The molecule has 4 aromatic heterocycles. The van der Waals surface area contributed by atoms with Crippen LogP contribution in [0.25, 0.3) is 116 Å². The van der Waals surface area contributed by atoms with Crippen LogP contribution in [0, 0.1) is 6.92 Å². The molecule has 0 unspecified atom stereocenters. The number of aromatic nitrogens is 2. The summed E-state index contributed by atoms with van der Waals surface area (Å²) in [7, 11) is 0. The van der Waals surface area contributed by atoms with Crippen LogP contribution in [0.1, 0.15) is 36.5 Å². The van der Waals surface area contributed by atoms with Gasteiger partial charge < -0.3 is 8.80 Å². The number of hydrogen-bond acceptors (Lipinski definition) is 0. The third-order valence-electron chi connectivity index (χ3n) is 13.6. The molecular weight excluding hydrogens is 713 g/mol. The molecule has 2 nitrogen and oxygen atoms in total. The van der Waals surface area contributed by atoms with Crippen molar-refractivity contribution in [3.8, 4) is 33.4 Å². The van der Waals surface area contributed by atoms with Crippen molar-refractivity contribution in [2.45, 2.75) is 33.1 Å². The summed E-state index contributed by atoms with van der Waals surface area (Å²) < 4.78 is 4.94. The van der Waals surface area contributed by atoms with E-state index in [1.54, 1.807) is 5.57 Å². The largest absolute Gasteiger partial charge is 0.308 e. The van der Waals surface area contributed by atoms with E-state index in [4.69, 9.17) is 0 Å². The lowest BCUT2D eigenvalue weighted by Gasteiger charge is -2.14. The molecule has 4 heterocycles. The third kappa shape index (κ3) is 4.46. The molecule has 11 aromatic rings. The number of allylic oxidation sites excluding steroid dienone is 5. The number of rotatable bonds is 4. The van der Waals surface area contributed by atoms with Crippen LogP contribution in [0.2, 0.25) is 0 Å². The highest BCUT2D eigenvalue weighted by Crippen LogP contribution is 2.45. The van der Waals surface area contributed by atoms with Crippen LogP contribution in [0.4, 0.5) is 0 Å². The highest BCUT2D eigenvalue weighted by atomic mass is 14.9. The summed E-state index contributed by atoms with van der Waals surface area (Å²) >= 11 is 0. The summed E-state index contributed by atoms with van der Waals surface area (Å²) in [5.74, 6) is 0. The average molecular weight is 753 g/mol. The second-order valence-electron chi connectivity index (χ2n) is 16.9. The first kappa shape index (κ1) is 32.9. The molecule has 2 aliphatic rings. The Kier molecular flexibility index (Phi) is 6.65. The minimum atomic E-state index is 1.07. The van der Waals surface area contributed by atoms with Crippen molar-refractivity contribution in [2.75, 3.05) is 0 Å². The molecule has 278 valence electrons. The van der Waals surface area contributed by atoms with Gasteiger partial charge in [-0.25, -0.2) is 0 Å². The summed E-state index contributed by atoms with van der Waals surface area (Å²) in [6, 6.07) is 49.0. The van der Waals surface area contributed by atoms with Crippen molar-refractivity contribution >= 4 is 83.0 Å². The smallest absolute Gasteiger partial charge is 0.0620 e. The van der Waals surface area contributed by atoms with Gasteiger partial charge in [0.2, 0.25) is 0 Å². The van der Waals surface area contributed by atoms with E-state index in [2.05, 4.69) is 181 Å². The first-order chi connectivity index (χ1) is 29.1. The van der Waals surface area contributed by atoms with Gasteiger partial charge in [-0.2, -0.15) is 0 Å². The van der Waals surface area contributed by atoms with Gasteiger partial charge in [-0.05, 0) is 155 Å². The summed E-state index contributed by atoms with van der Waals surface area (Å²) in [5.41, 5.74) is 20.9. The third-order valence-corrected chi connectivity index (χ3v) is 13.6. The Hall–Kier alpha value is -7.16. The molecule has 0 amide bonds. The first-order valence-electron chi connectivity index (χ1n) is 21.0. The Balaban J connectivity index is 1.12. The van der Waals surface area contributed by atoms with Crippen LogP contribution < -0.4 is 10.6 Å². The second-order valence-corrected chi connectivity index (χ2v) is 16.9. The molecule has 13 rings (SSSR count). The van der Waals surface area contributed by atoms with Crippen molar-refractivity contribution in [1.82, 2.24) is 8.80 Å². The molecule has 0 fully saturated rings. The molecule has 0 spiro atoms. The quantitative estimate of drug-likeness (QED) is 0.169. The van der Waals surface area contributed by atoms with E-state index in [1.165, 1.54) is 131 Å². The topological polar surface area (TPSA) is 8.82 Å². The Morgan fingerprint density at radius 1 is 0.559 bits per heavy atom. The molecule has 0 N–H and O–H groups in total. The summed E-state index contributed by atoms with van der Waals surface area (Å²) in [4.78, 5) is 0. The minimum Gasteiger partial charge on any atom is -0.308 e. The zero-order valence-electron chi connectivity index (χ0n) is 33.2. The Bertz CT molecular complexity index is 3840. The molecule has 0 atom stereocenters. The fourth-order valence-corrected chi connectivity index (χ4v) is 11.0. The van der Waals surface area contributed by atoms with Crippen LogP contribution >= 0.6 is 0 Å². The molecule has 0 saturated heterocycles. The summed E-state index contributed by atoms with van der Waals surface area (Å²) in [6.07, 6.45) is 14.4. The van der Waals surface area contributed by atoms with Crippen LogP contribution in [-0.4, -0.2) is 8.80 Å². The van der Waals surface area contributed by atoms with Gasteiger partial charge in [0.15, 0.2) is 0 Å². The predicted molar refractivity (Wildman–Crippen MR) is 252 cm³/mol. The zero-order chi connectivity index (χ0) is 39.1. The first-order valence-corrected chi connectivity index (χ1v) is 21.0. The van der Waals surface area contributed by atoms with Crippen molar-refractivity contribution in [1.29, 1.82) is 0 Å². The Morgan fingerprint density at radius 3 is 1.86 bits per heavy atom. The maximum atomic E-state index is 4.14. The van der Waals surface area contributed by atoms with Gasteiger partial charge in [-0.3, -0.25) is 0 Å². The molecule has 7 aromatic carbocycles.